The molecule has 1 fully saturated rings. The van der Waals surface area contributed by atoms with Gasteiger partial charge in [0.05, 0.1) is 13.2 Å². The van der Waals surface area contributed by atoms with Gasteiger partial charge >= 0.3 is 0 Å². The minimum atomic E-state index is -1.76. The van der Waals surface area contributed by atoms with Gasteiger partial charge in [0.1, 0.15) is 30.2 Å². The Labute approximate surface area is 182 Å². The largest absolute Gasteiger partial charge is 0.494 e. The third-order valence-electron chi connectivity index (χ3n) is 5.07. The molecule has 5 atom stereocenters. The van der Waals surface area contributed by atoms with Gasteiger partial charge in [-0.05, 0) is 37.5 Å². The highest BCUT2D eigenvalue weighted by atomic mass is 35.5. The number of halogens is 1. The number of hydrogen-bond acceptors (Lipinski definition) is 7. The first-order chi connectivity index (χ1) is 14.4. The lowest BCUT2D eigenvalue weighted by atomic mass is 9.87. The second kappa shape index (κ2) is 11.8. The number of methoxy groups -OCH3 is 1. The van der Waals surface area contributed by atoms with Crippen LogP contribution in [0.4, 0.5) is 0 Å². The van der Waals surface area contributed by atoms with Crippen molar-refractivity contribution < 1.29 is 34.6 Å². The van der Waals surface area contributed by atoms with E-state index in [0.29, 0.717) is 25.0 Å². The Hall–Kier alpha value is -1.45. The normalized spacial score (nSPS) is 30.0. The average Bonchev–Trinajstić information content (AvgIpc) is 2.77. The Morgan fingerprint density at radius 2 is 1.90 bits per heavy atom. The molecule has 1 saturated heterocycles. The second-order valence-corrected chi connectivity index (χ2v) is 7.28. The van der Waals surface area contributed by atoms with E-state index >= 15 is 0 Å². The number of hydrogen-bond donors (Lipinski definition) is 4. The molecule has 1 aliphatic rings. The molecule has 8 heteroatoms. The van der Waals surface area contributed by atoms with Crippen molar-refractivity contribution in [2.75, 3.05) is 26.2 Å². The molecular formula is C22H31ClO7. The van der Waals surface area contributed by atoms with Crippen LogP contribution in [0.25, 0.3) is 0 Å². The molecule has 0 aliphatic carbocycles. The van der Waals surface area contributed by atoms with Crippen molar-refractivity contribution in [3.8, 4) is 5.75 Å². The van der Waals surface area contributed by atoms with Gasteiger partial charge in [-0.2, -0.15) is 0 Å². The first-order valence-electron chi connectivity index (χ1n) is 9.96. The number of aliphatic hydroxyl groups is 4. The summed E-state index contributed by atoms with van der Waals surface area (Å²) in [5.74, 6) is -0.726. The van der Waals surface area contributed by atoms with Gasteiger partial charge in [-0.1, -0.05) is 30.4 Å². The minimum absolute atomic E-state index is 0.223. The van der Waals surface area contributed by atoms with Crippen molar-refractivity contribution in [2.45, 2.75) is 50.0 Å². The monoisotopic (exact) mass is 442 g/mol. The average molecular weight is 443 g/mol. The quantitative estimate of drug-likeness (QED) is 0.321. The smallest absolute Gasteiger partial charge is 0.224 e. The van der Waals surface area contributed by atoms with Gasteiger partial charge in [0, 0.05) is 18.6 Å². The Morgan fingerprint density at radius 3 is 2.47 bits per heavy atom. The Bertz CT molecular complexity index is 704. The lowest BCUT2D eigenvalue weighted by molar-refractivity contribution is -0.339. The Kier molecular flexibility index (Phi) is 9.77. The summed E-state index contributed by atoms with van der Waals surface area (Å²) in [5.41, 5.74) is 1.53. The molecule has 7 nitrogen and oxygen atoms in total. The van der Waals surface area contributed by atoms with E-state index in [4.69, 9.17) is 25.8 Å². The third kappa shape index (κ3) is 5.62. The SMILES string of the molecule is CCOc1ccc(CC/C=C(\C=C/CCl)[C@]2(OC)O[C@H](CO)[C@@H](O)[C@H](O)[C@H]2O)cc1. The van der Waals surface area contributed by atoms with E-state index < -0.39 is 36.8 Å². The number of allylic oxidation sites excluding steroid dienone is 2. The standard InChI is InChI=1S/C22H31ClO7/c1-3-29-17-11-9-15(10-12-17)6-4-7-16(8-5-13-23)22(28-2)21(27)20(26)19(25)18(14-24)30-22/h5,7-12,18-21,24-27H,3-4,6,13-14H2,1-2H3/b8-5-,16-7+/t18-,19-,20+,21-,22+/m1/s1. The van der Waals surface area contributed by atoms with Crippen LogP contribution in [0, 0.1) is 0 Å². The molecule has 1 aliphatic heterocycles. The van der Waals surface area contributed by atoms with Crippen LogP contribution < -0.4 is 4.74 Å². The topological polar surface area (TPSA) is 109 Å². The molecule has 0 bridgehead atoms. The van der Waals surface area contributed by atoms with E-state index in [1.165, 1.54) is 7.11 Å². The summed E-state index contributed by atoms with van der Waals surface area (Å²) in [6, 6.07) is 7.77. The van der Waals surface area contributed by atoms with E-state index in [-0.39, 0.29) is 5.88 Å². The van der Waals surface area contributed by atoms with Gasteiger partial charge in [0.25, 0.3) is 0 Å². The van der Waals surface area contributed by atoms with E-state index in [9.17, 15) is 20.4 Å². The van der Waals surface area contributed by atoms with Crippen molar-refractivity contribution in [3.63, 3.8) is 0 Å². The summed E-state index contributed by atoms with van der Waals surface area (Å²) in [6.45, 7) is 1.99. The second-order valence-electron chi connectivity index (χ2n) is 6.97. The van der Waals surface area contributed by atoms with E-state index in [1.807, 2.05) is 37.3 Å². The predicted octanol–water partition coefficient (Wildman–Crippen LogP) is 1.56. The molecule has 0 saturated carbocycles. The van der Waals surface area contributed by atoms with Gasteiger partial charge < -0.3 is 34.6 Å². The molecule has 168 valence electrons. The maximum absolute atomic E-state index is 10.7. The minimum Gasteiger partial charge on any atom is -0.494 e. The zero-order valence-electron chi connectivity index (χ0n) is 17.3. The van der Waals surface area contributed by atoms with Crippen LogP contribution in [0.5, 0.6) is 5.75 Å². The van der Waals surface area contributed by atoms with Gasteiger partial charge in [-0.3, -0.25) is 0 Å². The van der Waals surface area contributed by atoms with Crippen LogP contribution in [0.15, 0.2) is 48.1 Å². The van der Waals surface area contributed by atoms with Crippen molar-refractivity contribution in [2.24, 2.45) is 0 Å². The maximum atomic E-state index is 10.7. The van der Waals surface area contributed by atoms with E-state index in [0.717, 1.165) is 11.3 Å². The number of alkyl halides is 1. The van der Waals surface area contributed by atoms with Crippen molar-refractivity contribution in [1.82, 2.24) is 0 Å². The van der Waals surface area contributed by atoms with Crippen LogP contribution in [-0.2, 0) is 15.9 Å². The summed E-state index contributed by atoms with van der Waals surface area (Å²) in [6.07, 6.45) is 0.715. The number of ether oxygens (including phenoxy) is 3. The van der Waals surface area contributed by atoms with Gasteiger partial charge in [0.15, 0.2) is 0 Å². The predicted molar refractivity (Wildman–Crippen MR) is 114 cm³/mol. The number of aryl methyl sites for hydroxylation is 1. The third-order valence-corrected chi connectivity index (χ3v) is 5.25. The van der Waals surface area contributed by atoms with Crippen molar-refractivity contribution in [1.29, 1.82) is 0 Å². The fraction of sp³-hybridized carbons (Fsp3) is 0.545. The first kappa shape index (κ1) is 24.8. The molecule has 1 aromatic carbocycles. The summed E-state index contributed by atoms with van der Waals surface area (Å²) in [5, 5.41) is 40.6. The van der Waals surface area contributed by atoms with Crippen LogP contribution >= 0.6 is 11.6 Å². The Balaban J connectivity index is 2.26. The Morgan fingerprint density at radius 1 is 1.20 bits per heavy atom. The van der Waals surface area contributed by atoms with Crippen molar-refractivity contribution in [3.05, 3.63) is 53.6 Å². The number of aliphatic hydroxyl groups excluding tert-OH is 4. The first-order valence-corrected chi connectivity index (χ1v) is 10.5. The summed E-state index contributed by atoms with van der Waals surface area (Å²) < 4.78 is 16.7. The number of rotatable bonds is 10. The van der Waals surface area contributed by atoms with Crippen LogP contribution in [0.2, 0.25) is 0 Å². The summed E-state index contributed by atoms with van der Waals surface area (Å²) in [7, 11) is 1.33. The molecule has 30 heavy (non-hydrogen) atoms. The van der Waals surface area contributed by atoms with Crippen LogP contribution in [0.1, 0.15) is 18.9 Å². The van der Waals surface area contributed by atoms with Crippen LogP contribution in [-0.4, -0.2) is 76.8 Å². The van der Waals surface area contributed by atoms with Gasteiger partial charge in [0.2, 0.25) is 5.79 Å². The highest BCUT2D eigenvalue weighted by Gasteiger charge is 2.55. The van der Waals surface area contributed by atoms with E-state index in [1.54, 1.807) is 12.2 Å². The van der Waals surface area contributed by atoms with Crippen LogP contribution in [0.3, 0.4) is 0 Å². The van der Waals surface area contributed by atoms with E-state index in [2.05, 4.69) is 0 Å². The van der Waals surface area contributed by atoms with Gasteiger partial charge in [-0.15, -0.1) is 11.6 Å². The molecular weight excluding hydrogens is 412 g/mol. The zero-order chi connectivity index (χ0) is 22.1. The summed E-state index contributed by atoms with van der Waals surface area (Å²) >= 11 is 5.79. The molecule has 4 N–H and O–H groups in total. The highest BCUT2D eigenvalue weighted by Crippen LogP contribution is 2.37. The molecule has 0 amide bonds. The number of benzene rings is 1. The molecule has 1 aromatic rings. The highest BCUT2D eigenvalue weighted by molar-refractivity contribution is 6.18. The molecule has 2 rings (SSSR count). The fourth-order valence-electron chi connectivity index (χ4n) is 3.48. The van der Waals surface area contributed by atoms with Crippen molar-refractivity contribution >= 4 is 11.6 Å². The molecule has 0 unspecified atom stereocenters. The maximum Gasteiger partial charge on any atom is 0.224 e. The fourth-order valence-corrected chi connectivity index (χ4v) is 3.57. The molecule has 1 heterocycles. The molecule has 0 spiro atoms. The lowest BCUT2D eigenvalue weighted by Crippen LogP contribution is -2.66. The molecule has 0 aromatic heterocycles. The lowest BCUT2D eigenvalue weighted by Gasteiger charge is -2.48. The van der Waals surface area contributed by atoms with Gasteiger partial charge in [-0.25, -0.2) is 0 Å². The molecule has 0 radical (unpaired) electrons. The zero-order valence-corrected chi connectivity index (χ0v) is 18.0. The summed E-state index contributed by atoms with van der Waals surface area (Å²) in [4.78, 5) is 0.